The zero-order chi connectivity index (χ0) is 17.5. The van der Waals surface area contributed by atoms with E-state index in [9.17, 15) is 4.79 Å². The van der Waals surface area contributed by atoms with Crippen LogP contribution in [0.4, 0.5) is 5.13 Å². The van der Waals surface area contributed by atoms with Gasteiger partial charge in [-0.1, -0.05) is 30.0 Å². The number of hydrogen-bond donors (Lipinski definition) is 1. The third-order valence-electron chi connectivity index (χ3n) is 2.98. The highest BCUT2D eigenvalue weighted by Crippen LogP contribution is 2.38. The van der Waals surface area contributed by atoms with Crippen LogP contribution < -0.4 is 19.5 Å². The van der Waals surface area contributed by atoms with E-state index in [1.54, 1.807) is 23.9 Å². The monoisotopic (exact) mass is 369 g/mol. The predicted molar refractivity (Wildman–Crippen MR) is 95.0 cm³/mol. The van der Waals surface area contributed by atoms with Crippen LogP contribution in [-0.4, -0.2) is 43.2 Å². The summed E-state index contributed by atoms with van der Waals surface area (Å²) in [5.41, 5.74) is 0.377. The van der Waals surface area contributed by atoms with Gasteiger partial charge in [-0.05, 0) is 18.6 Å². The molecular weight excluding hydrogens is 350 g/mol. The van der Waals surface area contributed by atoms with Crippen molar-refractivity contribution in [3.8, 4) is 17.2 Å². The molecule has 24 heavy (non-hydrogen) atoms. The van der Waals surface area contributed by atoms with Crippen LogP contribution in [0.1, 0.15) is 23.7 Å². The van der Waals surface area contributed by atoms with Crippen LogP contribution in [0.5, 0.6) is 17.2 Å². The lowest BCUT2D eigenvalue weighted by Crippen LogP contribution is -2.12. The van der Waals surface area contributed by atoms with E-state index < -0.39 is 0 Å². The molecule has 0 aliphatic rings. The van der Waals surface area contributed by atoms with Crippen LogP contribution >= 0.6 is 23.1 Å². The number of nitrogens with zero attached hydrogens (tertiary/aromatic N) is 2. The normalized spacial score (nSPS) is 10.3. The number of amides is 1. The minimum atomic E-state index is -0.322. The zero-order valence-corrected chi connectivity index (χ0v) is 15.5. The Balaban J connectivity index is 2.18. The molecule has 0 bridgehead atoms. The van der Waals surface area contributed by atoms with Gasteiger partial charge in [0.05, 0.1) is 21.3 Å². The molecule has 0 saturated carbocycles. The lowest BCUT2D eigenvalue weighted by Gasteiger charge is -2.13. The number of carbonyl (C=O) groups is 1. The molecule has 130 valence electrons. The van der Waals surface area contributed by atoms with Gasteiger partial charge in [0.2, 0.25) is 10.9 Å². The molecule has 0 aliphatic heterocycles. The third-order valence-corrected chi connectivity index (χ3v) is 5.16. The molecule has 0 unspecified atom stereocenters. The number of thioether (sulfide) groups is 1. The Kier molecular flexibility index (Phi) is 6.68. The number of rotatable bonds is 8. The quantitative estimate of drug-likeness (QED) is 0.564. The minimum absolute atomic E-state index is 0.322. The van der Waals surface area contributed by atoms with E-state index in [4.69, 9.17) is 14.2 Å². The first-order chi connectivity index (χ1) is 11.6. The smallest absolute Gasteiger partial charge is 0.257 e. The average molecular weight is 369 g/mol. The van der Waals surface area contributed by atoms with Gasteiger partial charge in [0.25, 0.3) is 5.91 Å². The molecule has 0 atom stereocenters. The van der Waals surface area contributed by atoms with Gasteiger partial charge in [-0.15, -0.1) is 10.2 Å². The summed E-state index contributed by atoms with van der Waals surface area (Å²) in [4.78, 5) is 12.4. The zero-order valence-electron chi connectivity index (χ0n) is 13.9. The second kappa shape index (κ2) is 8.74. The van der Waals surface area contributed by atoms with E-state index in [0.29, 0.717) is 27.9 Å². The highest BCUT2D eigenvalue weighted by atomic mass is 32.2. The lowest BCUT2D eigenvalue weighted by molar-refractivity contribution is 0.102. The average Bonchev–Trinajstić information content (AvgIpc) is 3.05. The molecule has 0 saturated heterocycles. The molecule has 1 aromatic carbocycles. The first-order valence-electron chi connectivity index (χ1n) is 7.20. The highest BCUT2D eigenvalue weighted by molar-refractivity contribution is 8.01. The molecule has 7 nitrogen and oxygen atoms in total. The summed E-state index contributed by atoms with van der Waals surface area (Å²) < 4.78 is 16.6. The Morgan fingerprint density at radius 3 is 2.38 bits per heavy atom. The van der Waals surface area contributed by atoms with Crippen LogP contribution in [0, 0.1) is 0 Å². The molecule has 0 radical (unpaired) electrons. The molecule has 1 heterocycles. The van der Waals surface area contributed by atoms with Crippen molar-refractivity contribution in [3.05, 3.63) is 17.7 Å². The first-order valence-corrected chi connectivity index (χ1v) is 9.00. The van der Waals surface area contributed by atoms with Crippen LogP contribution in [0.15, 0.2) is 16.5 Å². The van der Waals surface area contributed by atoms with Gasteiger partial charge < -0.3 is 14.2 Å². The Morgan fingerprint density at radius 2 is 1.83 bits per heavy atom. The van der Waals surface area contributed by atoms with Crippen molar-refractivity contribution in [1.29, 1.82) is 0 Å². The summed E-state index contributed by atoms with van der Waals surface area (Å²) in [6, 6.07) is 3.18. The maximum atomic E-state index is 12.4. The SMILES string of the molecule is CCCSc1nnc(NC(=O)c2cc(OC)c(OC)c(OC)c2)s1. The van der Waals surface area contributed by atoms with Gasteiger partial charge in [-0.2, -0.15) is 0 Å². The number of nitrogens with one attached hydrogen (secondary N) is 1. The Labute approximate surface area is 148 Å². The largest absolute Gasteiger partial charge is 0.493 e. The van der Waals surface area contributed by atoms with Crippen molar-refractivity contribution >= 4 is 34.1 Å². The van der Waals surface area contributed by atoms with Crippen LogP contribution in [0.2, 0.25) is 0 Å². The van der Waals surface area contributed by atoms with Gasteiger partial charge in [-0.3, -0.25) is 10.1 Å². The van der Waals surface area contributed by atoms with Crippen LogP contribution in [-0.2, 0) is 0 Å². The fourth-order valence-corrected chi connectivity index (χ4v) is 3.56. The molecule has 0 aliphatic carbocycles. The van der Waals surface area contributed by atoms with E-state index in [1.165, 1.54) is 32.7 Å². The van der Waals surface area contributed by atoms with Crippen molar-refractivity contribution in [3.63, 3.8) is 0 Å². The summed E-state index contributed by atoms with van der Waals surface area (Å²) in [5, 5.41) is 11.2. The predicted octanol–water partition coefficient (Wildman–Crippen LogP) is 3.32. The van der Waals surface area contributed by atoms with Gasteiger partial charge in [0, 0.05) is 11.3 Å². The maximum absolute atomic E-state index is 12.4. The number of benzene rings is 1. The fraction of sp³-hybridized carbons (Fsp3) is 0.400. The standard InChI is InChI=1S/C15H19N3O4S2/c1-5-6-23-15-18-17-14(24-15)16-13(19)9-7-10(20-2)12(22-4)11(8-9)21-3/h7-8H,5-6H2,1-4H3,(H,16,17,19). The van der Waals surface area contributed by atoms with Crippen molar-refractivity contribution in [2.75, 3.05) is 32.4 Å². The second-order valence-electron chi connectivity index (χ2n) is 4.59. The highest BCUT2D eigenvalue weighted by Gasteiger charge is 2.18. The Hall–Kier alpha value is -2.00. The number of aromatic nitrogens is 2. The molecule has 1 aromatic heterocycles. The molecule has 1 N–H and O–H groups in total. The number of anilines is 1. The summed E-state index contributed by atoms with van der Waals surface area (Å²) >= 11 is 2.96. The molecular formula is C15H19N3O4S2. The molecule has 0 spiro atoms. The number of ether oxygens (including phenoxy) is 3. The molecule has 2 aromatic rings. The number of hydrogen-bond acceptors (Lipinski definition) is 8. The van der Waals surface area contributed by atoms with E-state index in [0.717, 1.165) is 16.5 Å². The Morgan fingerprint density at radius 1 is 1.17 bits per heavy atom. The van der Waals surface area contributed by atoms with Gasteiger partial charge in [0.1, 0.15) is 0 Å². The summed E-state index contributed by atoms with van der Waals surface area (Å²) in [6.07, 6.45) is 1.05. The first kappa shape index (κ1) is 18.3. The maximum Gasteiger partial charge on any atom is 0.257 e. The van der Waals surface area contributed by atoms with Gasteiger partial charge in [0.15, 0.2) is 15.8 Å². The van der Waals surface area contributed by atoms with Crippen LogP contribution in [0.25, 0.3) is 0 Å². The summed E-state index contributed by atoms with van der Waals surface area (Å²) in [7, 11) is 4.51. The number of methoxy groups -OCH3 is 3. The Bertz CT molecular complexity index is 681. The van der Waals surface area contributed by atoms with Crippen LogP contribution in [0.3, 0.4) is 0 Å². The van der Waals surface area contributed by atoms with E-state index in [-0.39, 0.29) is 5.91 Å². The topological polar surface area (TPSA) is 82.6 Å². The summed E-state index contributed by atoms with van der Waals surface area (Å²) in [5.74, 6) is 1.91. The van der Waals surface area contributed by atoms with Gasteiger partial charge >= 0.3 is 0 Å². The molecule has 1 amide bonds. The van der Waals surface area contributed by atoms with Crippen molar-refractivity contribution in [2.24, 2.45) is 0 Å². The van der Waals surface area contributed by atoms with E-state index in [2.05, 4.69) is 22.4 Å². The molecule has 0 fully saturated rings. The summed E-state index contributed by atoms with van der Waals surface area (Å²) in [6.45, 7) is 2.10. The second-order valence-corrected chi connectivity index (χ2v) is 6.91. The fourth-order valence-electron chi connectivity index (χ4n) is 1.89. The van der Waals surface area contributed by atoms with Crippen molar-refractivity contribution in [1.82, 2.24) is 10.2 Å². The minimum Gasteiger partial charge on any atom is -0.493 e. The third kappa shape index (κ3) is 4.30. The molecule has 2 rings (SSSR count). The van der Waals surface area contributed by atoms with Crippen molar-refractivity contribution < 1.29 is 19.0 Å². The molecule has 9 heteroatoms. The number of carbonyl (C=O) groups excluding carboxylic acids is 1. The van der Waals surface area contributed by atoms with Gasteiger partial charge in [-0.25, -0.2) is 0 Å². The lowest BCUT2D eigenvalue weighted by atomic mass is 10.1. The van der Waals surface area contributed by atoms with E-state index >= 15 is 0 Å². The van der Waals surface area contributed by atoms with Crippen molar-refractivity contribution in [2.45, 2.75) is 17.7 Å². The van der Waals surface area contributed by atoms with E-state index in [1.807, 2.05) is 0 Å².